The predicted molar refractivity (Wildman–Crippen MR) is 121 cm³/mol. The summed E-state index contributed by atoms with van der Waals surface area (Å²) in [5.41, 5.74) is 5.50. The van der Waals surface area contributed by atoms with Crippen LogP contribution in [-0.2, 0) is 11.5 Å². The fourth-order valence-corrected chi connectivity index (χ4v) is 3.85. The van der Waals surface area contributed by atoms with Crippen LogP contribution < -0.4 is 4.74 Å². The second-order valence-corrected chi connectivity index (χ2v) is 7.76. The molecule has 144 valence electrons. The number of hydrogen-bond acceptors (Lipinski definition) is 1. The van der Waals surface area contributed by atoms with Gasteiger partial charge in [0, 0.05) is 0 Å². The van der Waals surface area contributed by atoms with Crippen molar-refractivity contribution in [1.82, 2.24) is 0 Å². The molecule has 0 fully saturated rings. The Morgan fingerprint density at radius 2 is 1.10 bits per heavy atom. The van der Waals surface area contributed by atoms with E-state index in [2.05, 4.69) is 67.6 Å². The van der Waals surface area contributed by atoms with E-state index < -0.39 is 4.87 Å². The van der Waals surface area contributed by atoms with Crippen molar-refractivity contribution in [2.24, 2.45) is 0 Å². The highest BCUT2D eigenvalue weighted by Gasteiger charge is 2.33. The summed E-state index contributed by atoms with van der Waals surface area (Å²) in [7, 11) is 0. The lowest BCUT2D eigenvalue weighted by atomic mass is 9.84. The van der Waals surface area contributed by atoms with Gasteiger partial charge in [0.25, 0.3) is 0 Å². The standard InChI is InChI=1S/C27H23ClO/c1-21-12-14-22(15-13-21)20-29-26-18-16-25(17-19-26)27(28,23-8-4-2-5-9-23)24-10-6-3-7-11-24/h2-19H,20H2,1H3. The second-order valence-electron chi connectivity index (χ2n) is 7.19. The summed E-state index contributed by atoms with van der Waals surface area (Å²) < 4.78 is 5.97. The van der Waals surface area contributed by atoms with E-state index in [9.17, 15) is 0 Å². The SMILES string of the molecule is Cc1ccc(COc2ccc(C(Cl)(c3ccccc3)c3ccccc3)cc2)cc1. The Labute approximate surface area is 177 Å². The molecule has 0 radical (unpaired) electrons. The van der Waals surface area contributed by atoms with Gasteiger partial charge in [0.2, 0.25) is 0 Å². The van der Waals surface area contributed by atoms with Gasteiger partial charge in [-0.3, -0.25) is 0 Å². The molecule has 1 nitrogen and oxygen atoms in total. The molecule has 2 heteroatoms. The van der Waals surface area contributed by atoms with E-state index in [0.717, 1.165) is 28.0 Å². The van der Waals surface area contributed by atoms with Crippen molar-refractivity contribution in [3.8, 4) is 5.75 Å². The first-order valence-electron chi connectivity index (χ1n) is 9.75. The summed E-state index contributed by atoms with van der Waals surface area (Å²) in [6, 6.07) is 36.9. The fraction of sp³-hybridized carbons (Fsp3) is 0.111. The van der Waals surface area contributed by atoms with E-state index in [4.69, 9.17) is 16.3 Å². The quantitative estimate of drug-likeness (QED) is 0.248. The Kier molecular flexibility index (Phi) is 5.69. The largest absolute Gasteiger partial charge is 0.489 e. The molecule has 0 saturated carbocycles. The Balaban J connectivity index is 1.61. The molecule has 0 N–H and O–H groups in total. The summed E-state index contributed by atoms with van der Waals surface area (Å²) in [6.45, 7) is 2.63. The molecule has 0 amide bonds. The highest BCUT2D eigenvalue weighted by Crippen LogP contribution is 2.43. The van der Waals surface area contributed by atoms with Gasteiger partial charge in [0.05, 0.1) is 0 Å². The zero-order valence-electron chi connectivity index (χ0n) is 16.4. The van der Waals surface area contributed by atoms with Crippen molar-refractivity contribution in [3.05, 3.63) is 137 Å². The van der Waals surface area contributed by atoms with Crippen molar-refractivity contribution in [2.75, 3.05) is 0 Å². The molecule has 29 heavy (non-hydrogen) atoms. The molecule has 0 bridgehead atoms. The Hall–Kier alpha value is -3.03. The third-order valence-corrected chi connectivity index (χ3v) is 5.78. The molecule has 4 aromatic carbocycles. The van der Waals surface area contributed by atoms with Crippen LogP contribution in [0.3, 0.4) is 0 Å². The van der Waals surface area contributed by atoms with Crippen LogP contribution in [-0.4, -0.2) is 0 Å². The summed E-state index contributed by atoms with van der Waals surface area (Å²) in [6.07, 6.45) is 0. The van der Waals surface area contributed by atoms with Crippen LogP contribution in [0.5, 0.6) is 5.75 Å². The molecule has 0 aromatic heterocycles. The monoisotopic (exact) mass is 398 g/mol. The van der Waals surface area contributed by atoms with E-state index in [1.165, 1.54) is 5.56 Å². The lowest BCUT2D eigenvalue weighted by molar-refractivity contribution is 0.306. The molecule has 0 atom stereocenters. The minimum absolute atomic E-state index is 0.545. The third-order valence-electron chi connectivity index (χ3n) is 5.12. The van der Waals surface area contributed by atoms with Crippen LogP contribution in [0.15, 0.2) is 109 Å². The predicted octanol–water partition coefficient (Wildman–Crippen LogP) is 7.10. The molecule has 0 unspecified atom stereocenters. The number of halogens is 1. The molecule has 4 aromatic rings. The van der Waals surface area contributed by atoms with Crippen LogP contribution in [0.2, 0.25) is 0 Å². The molecule has 0 spiro atoms. The average Bonchev–Trinajstić information content (AvgIpc) is 2.80. The maximum Gasteiger partial charge on any atom is 0.119 e. The minimum Gasteiger partial charge on any atom is -0.489 e. The van der Waals surface area contributed by atoms with Crippen LogP contribution in [0, 0.1) is 6.92 Å². The van der Waals surface area contributed by atoms with Crippen molar-refractivity contribution in [3.63, 3.8) is 0 Å². The molecular formula is C27H23ClO. The summed E-state index contributed by atoms with van der Waals surface area (Å²) in [5.74, 6) is 0.828. The molecular weight excluding hydrogens is 376 g/mol. The Morgan fingerprint density at radius 3 is 1.62 bits per heavy atom. The molecule has 0 aliphatic carbocycles. The smallest absolute Gasteiger partial charge is 0.119 e. The zero-order valence-corrected chi connectivity index (χ0v) is 17.1. The van der Waals surface area contributed by atoms with E-state index in [1.807, 2.05) is 48.5 Å². The first-order valence-corrected chi connectivity index (χ1v) is 10.1. The van der Waals surface area contributed by atoms with Crippen molar-refractivity contribution < 1.29 is 4.74 Å². The summed E-state index contributed by atoms with van der Waals surface area (Å²) in [5, 5.41) is 0. The van der Waals surface area contributed by atoms with Crippen LogP contribution in [0.4, 0.5) is 0 Å². The van der Waals surface area contributed by atoms with Gasteiger partial charge in [0.15, 0.2) is 0 Å². The molecule has 0 saturated heterocycles. The van der Waals surface area contributed by atoms with Crippen LogP contribution >= 0.6 is 11.6 Å². The zero-order chi connectivity index (χ0) is 20.1. The maximum absolute atomic E-state index is 7.31. The number of alkyl halides is 1. The Bertz CT molecular complexity index is 1000. The molecule has 0 aliphatic rings. The molecule has 4 rings (SSSR count). The third kappa shape index (κ3) is 4.21. The van der Waals surface area contributed by atoms with Gasteiger partial charge < -0.3 is 4.74 Å². The van der Waals surface area contributed by atoms with Gasteiger partial charge in [-0.1, -0.05) is 103 Å². The number of aryl methyl sites for hydroxylation is 1. The van der Waals surface area contributed by atoms with Crippen molar-refractivity contribution in [2.45, 2.75) is 18.4 Å². The second kappa shape index (κ2) is 8.55. The van der Waals surface area contributed by atoms with Gasteiger partial charge in [0.1, 0.15) is 17.2 Å². The lowest BCUT2D eigenvalue weighted by Gasteiger charge is -2.29. The maximum atomic E-state index is 7.31. The average molecular weight is 399 g/mol. The van der Waals surface area contributed by atoms with E-state index in [-0.39, 0.29) is 0 Å². The highest BCUT2D eigenvalue weighted by molar-refractivity contribution is 6.28. The molecule has 0 aliphatic heterocycles. The van der Waals surface area contributed by atoms with Gasteiger partial charge in [-0.2, -0.15) is 0 Å². The van der Waals surface area contributed by atoms with Gasteiger partial charge in [-0.25, -0.2) is 0 Å². The van der Waals surface area contributed by atoms with Crippen LogP contribution in [0.1, 0.15) is 27.8 Å². The first-order chi connectivity index (χ1) is 14.2. The minimum atomic E-state index is -0.752. The van der Waals surface area contributed by atoms with Crippen molar-refractivity contribution in [1.29, 1.82) is 0 Å². The highest BCUT2D eigenvalue weighted by atomic mass is 35.5. The Morgan fingerprint density at radius 1 is 0.621 bits per heavy atom. The van der Waals surface area contributed by atoms with Gasteiger partial charge >= 0.3 is 0 Å². The number of rotatable bonds is 6. The topological polar surface area (TPSA) is 9.23 Å². The fourth-order valence-electron chi connectivity index (χ4n) is 3.47. The number of hydrogen-bond donors (Lipinski definition) is 0. The van der Waals surface area contributed by atoms with Crippen molar-refractivity contribution >= 4 is 11.6 Å². The van der Waals surface area contributed by atoms with E-state index >= 15 is 0 Å². The van der Waals surface area contributed by atoms with E-state index in [1.54, 1.807) is 0 Å². The molecule has 0 heterocycles. The van der Waals surface area contributed by atoms with E-state index in [0.29, 0.717) is 6.61 Å². The van der Waals surface area contributed by atoms with Gasteiger partial charge in [-0.15, -0.1) is 11.6 Å². The number of ether oxygens (including phenoxy) is 1. The van der Waals surface area contributed by atoms with Crippen LogP contribution in [0.25, 0.3) is 0 Å². The first kappa shape index (κ1) is 19.3. The normalized spacial score (nSPS) is 11.2. The summed E-state index contributed by atoms with van der Waals surface area (Å²) in [4.78, 5) is -0.752. The lowest BCUT2D eigenvalue weighted by Crippen LogP contribution is -2.22. The number of benzene rings is 4. The van der Waals surface area contributed by atoms with Gasteiger partial charge in [-0.05, 0) is 41.3 Å². The summed E-state index contributed by atoms with van der Waals surface area (Å²) >= 11 is 7.31.